The molecule has 0 saturated carbocycles. The Morgan fingerprint density at radius 1 is 1.10 bits per heavy atom. The fourth-order valence-corrected chi connectivity index (χ4v) is 6.06. The molecule has 2 aromatic carbocycles. The lowest BCUT2D eigenvalue weighted by Crippen LogP contribution is -2.23. The summed E-state index contributed by atoms with van der Waals surface area (Å²) in [6.45, 7) is 0.431. The van der Waals surface area contributed by atoms with E-state index in [-0.39, 0.29) is 11.8 Å². The largest absolute Gasteiger partial charge is 0.493 e. The van der Waals surface area contributed by atoms with Crippen LogP contribution in [0.5, 0.6) is 11.5 Å². The molecule has 6 heteroatoms. The summed E-state index contributed by atoms with van der Waals surface area (Å²) in [5.41, 5.74) is 4.90. The molecule has 0 unspecified atom stereocenters. The van der Waals surface area contributed by atoms with Crippen LogP contribution in [0.4, 0.5) is 5.00 Å². The maximum atomic E-state index is 12.5. The quantitative estimate of drug-likeness (QED) is 0.490. The van der Waals surface area contributed by atoms with Gasteiger partial charge in [-0.25, -0.2) is 0 Å². The van der Waals surface area contributed by atoms with Crippen molar-refractivity contribution >= 4 is 33.8 Å². The fourth-order valence-electron chi connectivity index (χ4n) is 4.56. The molecule has 1 aliphatic carbocycles. The summed E-state index contributed by atoms with van der Waals surface area (Å²) < 4.78 is 11.7. The van der Waals surface area contributed by atoms with Gasteiger partial charge in [-0.2, -0.15) is 0 Å². The summed E-state index contributed by atoms with van der Waals surface area (Å²) in [7, 11) is 1.65. The highest BCUT2D eigenvalue weighted by Gasteiger charge is 2.33. The van der Waals surface area contributed by atoms with Crippen LogP contribution in [-0.2, 0) is 24.2 Å². The fraction of sp³-hybridized carbons (Fsp3) is 0.320. The molecule has 1 aromatic heterocycles. The van der Waals surface area contributed by atoms with Crippen LogP contribution < -0.4 is 14.8 Å². The number of carbonyl (C=O) groups is 1. The lowest BCUT2D eigenvalue weighted by Gasteiger charge is -2.26. The van der Waals surface area contributed by atoms with Gasteiger partial charge in [-0.05, 0) is 72.2 Å². The highest BCUT2D eigenvalue weighted by molar-refractivity contribution is 7.16. The van der Waals surface area contributed by atoms with Gasteiger partial charge in [0.1, 0.15) is 6.61 Å². The summed E-state index contributed by atoms with van der Waals surface area (Å²) >= 11 is 7.72. The van der Waals surface area contributed by atoms with E-state index in [9.17, 15) is 4.79 Å². The number of ether oxygens (including phenoxy) is 2. The Bertz CT molecular complexity index is 1120. The van der Waals surface area contributed by atoms with Gasteiger partial charge in [-0.1, -0.05) is 29.8 Å². The first-order chi connectivity index (χ1) is 15.1. The van der Waals surface area contributed by atoms with Crippen molar-refractivity contribution in [2.75, 3.05) is 12.4 Å². The molecule has 0 radical (unpaired) electrons. The minimum atomic E-state index is 0.0565. The molecule has 0 spiro atoms. The van der Waals surface area contributed by atoms with Crippen LogP contribution in [-0.4, -0.2) is 13.0 Å². The zero-order valence-electron chi connectivity index (χ0n) is 17.4. The van der Waals surface area contributed by atoms with Gasteiger partial charge in [0.25, 0.3) is 0 Å². The van der Waals surface area contributed by atoms with Crippen molar-refractivity contribution < 1.29 is 14.3 Å². The molecular formula is C25H24ClNO3S. The molecule has 1 atom stereocenters. The Morgan fingerprint density at radius 3 is 2.71 bits per heavy atom. The van der Waals surface area contributed by atoms with Gasteiger partial charge in [0.15, 0.2) is 11.5 Å². The molecule has 5 rings (SSSR count). The van der Waals surface area contributed by atoms with Crippen molar-refractivity contribution in [3.05, 3.63) is 74.6 Å². The number of amides is 1. The normalized spacial score (nSPS) is 17.5. The summed E-state index contributed by atoms with van der Waals surface area (Å²) in [5, 5.41) is 4.86. The van der Waals surface area contributed by atoms with Crippen LogP contribution in [0.1, 0.15) is 52.3 Å². The second-order valence-electron chi connectivity index (χ2n) is 8.08. The van der Waals surface area contributed by atoms with Crippen LogP contribution in [0, 0.1) is 0 Å². The number of thiophene rings is 1. The first-order valence-electron chi connectivity index (χ1n) is 10.6. The van der Waals surface area contributed by atoms with E-state index in [1.165, 1.54) is 28.8 Å². The average molecular weight is 454 g/mol. The third-order valence-corrected chi connectivity index (χ3v) is 7.58. The standard InChI is InChI=1S/C25H24ClNO3S/c1-29-21-12-16(8-11-20(21)30-14-15-6-9-17(26)10-7-15)19-13-23(28)27-25-24(19)18-4-2-3-5-22(18)31-25/h6-12,19H,2-5,13-14H2,1H3,(H,27,28)/t19-/m1/s1. The number of anilines is 1. The van der Waals surface area contributed by atoms with Crippen LogP contribution in [0.2, 0.25) is 5.02 Å². The van der Waals surface area contributed by atoms with E-state index in [0.29, 0.717) is 29.5 Å². The number of nitrogens with one attached hydrogen (secondary N) is 1. The first kappa shape index (κ1) is 20.4. The molecule has 4 nitrogen and oxygen atoms in total. The Kier molecular flexibility index (Phi) is 5.63. The number of carbonyl (C=O) groups excluding carboxylic acids is 1. The number of benzene rings is 2. The lowest BCUT2D eigenvalue weighted by atomic mass is 9.82. The number of hydrogen-bond acceptors (Lipinski definition) is 4. The zero-order valence-corrected chi connectivity index (χ0v) is 18.9. The Balaban J connectivity index is 1.44. The maximum Gasteiger partial charge on any atom is 0.225 e. The van der Waals surface area contributed by atoms with E-state index in [2.05, 4.69) is 11.4 Å². The minimum absolute atomic E-state index is 0.0565. The molecule has 2 heterocycles. The van der Waals surface area contributed by atoms with Gasteiger partial charge in [0.05, 0.1) is 12.1 Å². The van der Waals surface area contributed by atoms with Gasteiger partial charge < -0.3 is 14.8 Å². The van der Waals surface area contributed by atoms with E-state index in [1.807, 2.05) is 36.4 Å². The maximum absolute atomic E-state index is 12.5. The predicted molar refractivity (Wildman–Crippen MR) is 125 cm³/mol. The Morgan fingerprint density at radius 2 is 1.90 bits per heavy atom. The van der Waals surface area contributed by atoms with Crippen molar-refractivity contribution in [2.24, 2.45) is 0 Å². The summed E-state index contributed by atoms with van der Waals surface area (Å²) in [6, 6.07) is 13.7. The van der Waals surface area contributed by atoms with Crippen molar-refractivity contribution in [3.63, 3.8) is 0 Å². The van der Waals surface area contributed by atoms with Gasteiger partial charge in [-0.15, -0.1) is 11.3 Å². The van der Waals surface area contributed by atoms with Crippen LogP contribution in [0.25, 0.3) is 0 Å². The number of halogens is 1. The summed E-state index contributed by atoms with van der Waals surface area (Å²) in [6.07, 6.45) is 5.14. The molecule has 3 aromatic rings. The average Bonchev–Trinajstić information content (AvgIpc) is 3.16. The molecule has 2 aliphatic rings. The molecule has 1 N–H and O–H groups in total. The monoisotopic (exact) mass is 453 g/mol. The van der Waals surface area contributed by atoms with Crippen LogP contribution in [0.3, 0.4) is 0 Å². The smallest absolute Gasteiger partial charge is 0.225 e. The molecular weight excluding hydrogens is 430 g/mol. The van der Waals surface area contributed by atoms with E-state index >= 15 is 0 Å². The number of methoxy groups -OCH3 is 1. The van der Waals surface area contributed by atoms with Gasteiger partial charge >= 0.3 is 0 Å². The number of aryl methyl sites for hydroxylation is 1. The van der Waals surface area contributed by atoms with Crippen molar-refractivity contribution in [1.29, 1.82) is 0 Å². The highest BCUT2D eigenvalue weighted by Crippen LogP contribution is 2.48. The lowest BCUT2D eigenvalue weighted by molar-refractivity contribution is -0.116. The first-order valence-corrected chi connectivity index (χ1v) is 11.8. The summed E-state index contributed by atoms with van der Waals surface area (Å²) in [5.74, 6) is 1.51. The third kappa shape index (κ3) is 4.04. The molecule has 0 bridgehead atoms. The van der Waals surface area contributed by atoms with Crippen molar-refractivity contribution in [3.8, 4) is 11.5 Å². The van der Waals surface area contributed by atoms with Gasteiger partial charge in [0, 0.05) is 22.2 Å². The minimum Gasteiger partial charge on any atom is -0.493 e. The second-order valence-corrected chi connectivity index (χ2v) is 9.63. The number of fused-ring (bicyclic) bond motifs is 3. The second kappa shape index (κ2) is 8.56. The molecule has 31 heavy (non-hydrogen) atoms. The SMILES string of the molecule is COc1cc([C@H]2CC(=O)Nc3sc4c(c32)CCCC4)ccc1OCc1ccc(Cl)cc1. The van der Waals surface area contributed by atoms with E-state index in [0.717, 1.165) is 29.0 Å². The van der Waals surface area contributed by atoms with Gasteiger partial charge in [0.2, 0.25) is 5.91 Å². The highest BCUT2D eigenvalue weighted by atomic mass is 35.5. The number of hydrogen-bond donors (Lipinski definition) is 1. The van der Waals surface area contributed by atoms with Gasteiger partial charge in [-0.3, -0.25) is 4.79 Å². The predicted octanol–water partition coefficient (Wildman–Crippen LogP) is 6.34. The topological polar surface area (TPSA) is 47.6 Å². The van der Waals surface area contributed by atoms with E-state index in [1.54, 1.807) is 18.4 Å². The summed E-state index contributed by atoms with van der Waals surface area (Å²) in [4.78, 5) is 13.9. The van der Waals surface area contributed by atoms with Crippen molar-refractivity contribution in [2.45, 2.75) is 44.6 Å². The molecule has 1 amide bonds. The van der Waals surface area contributed by atoms with Crippen molar-refractivity contribution in [1.82, 2.24) is 0 Å². The molecule has 0 saturated heterocycles. The van der Waals surface area contributed by atoms with E-state index in [4.69, 9.17) is 21.1 Å². The van der Waals surface area contributed by atoms with Crippen LogP contribution in [0.15, 0.2) is 42.5 Å². The third-order valence-electron chi connectivity index (χ3n) is 6.10. The molecule has 0 fully saturated rings. The Labute approximate surface area is 191 Å². The number of rotatable bonds is 5. The van der Waals surface area contributed by atoms with Crippen LogP contribution >= 0.6 is 22.9 Å². The van der Waals surface area contributed by atoms with E-state index < -0.39 is 0 Å². The Hall–Kier alpha value is -2.50. The molecule has 160 valence electrons. The zero-order chi connectivity index (χ0) is 21.4. The molecule has 1 aliphatic heterocycles.